The molecule has 556 valence electrons. The summed E-state index contributed by atoms with van der Waals surface area (Å²) in [5.41, 5.74) is 0. The number of nitrogens with one attached hydrogen (secondary N) is 4. The Morgan fingerprint density at radius 2 is 0.928 bits per heavy atom. The van der Waals surface area contributed by atoms with Gasteiger partial charge in [0, 0.05) is 61.9 Å². The Kier molecular flexibility index (Phi) is 35.9. The number of amides is 11. The molecule has 2 aliphatic heterocycles. The summed E-state index contributed by atoms with van der Waals surface area (Å²) < 4.78 is 6.49. The molecule has 0 spiro atoms. The number of allylic oxidation sites excluding steroid dienone is 2. The first-order chi connectivity index (χ1) is 45.0. The zero-order chi connectivity index (χ0) is 74.5. The third kappa shape index (κ3) is 24.6. The Morgan fingerprint density at radius 1 is 0.495 bits per heavy atom. The Bertz CT molecular complexity index is 2650. The van der Waals surface area contributed by atoms with Crippen molar-refractivity contribution in [2.75, 3.05) is 89.7 Å². The molecule has 0 saturated carbocycles. The molecule has 11 amide bonds. The predicted molar refractivity (Wildman–Crippen MR) is 376 cm³/mol. The van der Waals surface area contributed by atoms with Gasteiger partial charge in [-0.3, -0.25) is 52.7 Å². The van der Waals surface area contributed by atoms with Gasteiger partial charge in [0.2, 0.25) is 65.3 Å². The van der Waals surface area contributed by atoms with E-state index in [0.29, 0.717) is 12.6 Å². The fraction of sp³-hybridized carbons (Fsp3) is 0.817. The highest BCUT2D eigenvalue weighted by atomic mass is 16.5. The van der Waals surface area contributed by atoms with Crippen LogP contribution in [0, 0.1) is 41.4 Å². The fourth-order valence-corrected chi connectivity index (χ4v) is 12.8. The molecule has 0 aromatic carbocycles. The predicted octanol–water partition coefficient (Wildman–Crippen LogP) is 3.64. The van der Waals surface area contributed by atoms with E-state index in [9.17, 15) is 24.3 Å². The van der Waals surface area contributed by atoms with Crippen molar-refractivity contribution in [3.63, 3.8) is 0 Å². The molecule has 2 fully saturated rings. The molecule has 0 aliphatic carbocycles. The first-order valence-corrected chi connectivity index (χ1v) is 35.4. The average Bonchev–Trinajstić information content (AvgIpc) is 0.806. The lowest BCUT2D eigenvalue weighted by molar-refractivity contribution is -0.168. The first kappa shape index (κ1) is 86.8. The van der Waals surface area contributed by atoms with Gasteiger partial charge in [0.05, 0.1) is 12.7 Å². The first-order valence-electron chi connectivity index (χ1n) is 35.4. The number of rotatable bonds is 20. The lowest BCUT2D eigenvalue weighted by Gasteiger charge is -2.41. The van der Waals surface area contributed by atoms with E-state index >= 15 is 33.6 Å². The van der Waals surface area contributed by atoms with Gasteiger partial charge >= 0.3 is 0 Å². The van der Waals surface area contributed by atoms with Crippen LogP contribution < -0.4 is 21.3 Å². The van der Waals surface area contributed by atoms with Crippen molar-refractivity contribution in [1.82, 2.24) is 65.4 Å². The van der Waals surface area contributed by atoms with Crippen LogP contribution in [-0.2, 0) is 57.5 Å². The second kappa shape index (κ2) is 40.1. The summed E-state index contributed by atoms with van der Waals surface area (Å²) in [5.74, 6) is -10.3. The van der Waals surface area contributed by atoms with E-state index < -0.39 is 155 Å². The van der Waals surface area contributed by atoms with Crippen molar-refractivity contribution in [1.29, 1.82) is 0 Å². The van der Waals surface area contributed by atoms with Gasteiger partial charge in [0.15, 0.2) is 0 Å². The van der Waals surface area contributed by atoms with Crippen molar-refractivity contribution in [3.05, 3.63) is 12.2 Å². The van der Waals surface area contributed by atoms with Gasteiger partial charge in [0.1, 0.15) is 60.4 Å². The van der Waals surface area contributed by atoms with Crippen LogP contribution in [0.2, 0.25) is 0 Å². The van der Waals surface area contributed by atoms with Crippen molar-refractivity contribution < 1.29 is 62.6 Å². The second-order valence-electron chi connectivity index (χ2n) is 30.1. The maximum Gasteiger partial charge on any atom is 0.273 e. The number of hydrogen-bond acceptors (Lipinski definition) is 15. The highest BCUT2D eigenvalue weighted by Gasteiger charge is 2.47. The molecule has 0 bridgehead atoms. The number of ether oxygens (including phenoxy) is 1. The fourth-order valence-electron chi connectivity index (χ4n) is 12.8. The maximum atomic E-state index is 15.4. The van der Waals surface area contributed by atoms with Gasteiger partial charge in [-0.15, -0.1) is 0 Å². The molecule has 97 heavy (non-hydrogen) atoms. The number of likely N-dealkylation sites (tertiary alicyclic amines) is 1. The van der Waals surface area contributed by atoms with Gasteiger partial charge in [-0.2, -0.15) is 0 Å². The van der Waals surface area contributed by atoms with E-state index in [1.807, 2.05) is 75.6 Å². The van der Waals surface area contributed by atoms with E-state index in [1.54, 1.807) is 54.5 Å². The van der Waals surface area contributed by atoms with Crippen LogP contribution in [0.3, 0.4) is 0 Å². The van der Waals surface area contributed by atoms with Crippen LogP contribution in [0.15, 0.2) is 12.2 Å². The molecular weight excluding hydrogens is 1240 g/mol. The Balaban J connectivity index is 3.11. The van der Waals surface area contributed by atoms with Gasteiger partial charge in [0.25, 0.3) is 5.91 Å². The number of carbonyl (C=O) groups is 11. The summed E-state index contributed by atoms with van der Waals surface area (Å²) in [6, 6.07) is -12.4. The lowest BCUT2D eigenvalue weighted by atomic mass is 9.91. The monoisotopic (exact) mass is 1370 g/mol. The highest BCUT2D eigenvalue weighted by Crippen LogP contribution is 2.27. The van der Waals surface area contributed by atoms with Crippen LogP contribution in [0.1, 0.15) is 169 Å². The van der Waals surface area contributed by atoms with Crippen molar-refractivity contribution in [2.24, 2.45) is 41.4 Å². The molecule has 0 radical (unpaired) electrons. The average molecular weight is 1370 g/mol. The normalized spacial score (nSPS) is 27.3. The maximum absolute atomic E-state index is 15.4. The van der Waals surface area contributed by atoms with Gasteiger partial charge in [-0.1, -0.05) is 109 Å². The molecule has 5 N–H and O–H groups in total. The quantitative estimate of drug-likeness (QED) is 0.109. The van der Waals surface area contributed by atoms with Crippen LogP contribution in [0.5, 0.6) is 0 Å². The lowest BCUT2D eigenvalue weighted by Crippen LogP contribution is -2.64. The smallest absolute Gasteiger partial charge is 0.273 e. The molecule has 13 atom stereocenters. The summed E-state index contributed by atoms with van der Waals surface area (Å²) in [7, 11) is 14.0. The molecular formula is C71H129N13O13. The molecule has 26 heteroatoms. The highest BCUT2D eigenvalue weighted by molar-refractivity contribution is 6.00. The van der Waals surface area contributed by atoms with Crippen molar-refractivity contribution in [3.8, 4) is 0 Å². The van der Waals surface area contributed by atoms with E-state index in [4.69, 9.17) is 4.74 Å². The molecule has 26 nitrogen and oxygen atoms in total. The largest absolute Gasteiger partial charge is 0.390 e. The molecule has 2 aliphatic rings. The molecule has 0 aromatic rings. The third-order valence-corrected chi connectivity index (χ3v) is 19.2. The second-order valence-corrected chi connectivity index (χ2v) is 30.1. The van der Waals surface area contributed by atoms with Gasteiger partial charge in [-0.05, 0) is 141 Å². The summed E-state index contributed by atoms with van der Waals surface area (Å²) in [5, 5.41) is 23.5. The number of aliphatic hydroxyl groups excluding tert-OH is 1. The van der Waals surface area contributed by atoms with Crippen molar-refractivity contribution >= 4 is 65.0 Å². The Labute approximate surface area is 581 Å². The summed E-state index contributed by atoms with van der Waals surface area (Å²) in [6.45, 7) is 31.8. The zero-order valence-corrected chi connectivity index (χ0v) is 64.1. The SMILES string of the molecule is C/C=C/C[C@@H](C)[C@@H](O)[C@H]1C(=O)N[C@@H](CC)C(=O)N(C)[C@H](OCCN2CCC(N(C)C)CC2)C(=O)N(C)[C@@H](CC(C)C)C(=O)N[C@@H](C(C)C)C(=O)N(C)[C@@H](CC(C)C)C(=O)N[C@@H](C)C(=O)N[C@H](C)C(=O)N(C)[C@@H](CC(C)C)C(=O)N(C)[C@@H](CC(C)C)C(=O)N(C)[C@@H](C(C)C)C(=O)N1C. The number of piperidine rings is 1. The minimum atomic E-state index is -1.68. The summed E-state index contributed by atoms with van der Waals surface area (Å²) in [4.78, 5) is 177. The minimum Gasteiger partial charge on any atom is -0.390 e. The molecule has 2 saturated heterocycles. The molecule has 2 rings (SSSR count). The molecule has 0 unspecified atom stereocenters. The molecule has 0 aromatic heterocycles. The third-order valence-electron chi connectivity index (χ3n) is 19.2. The topological polar surface area (TPSA) is 295 Å². The van der Waals surface area contributed by atoms with Gasteiger partial charge < -0.3 is 75.2 Å². The van der Waals surface area contributed by atoms with E-state index in [-0.39, 0.29) is 68.8 Å². The van der Waals surface area contributed by atoms with Crippen LogP contribution in [0.4, 0.5) is 0 Å². The molecule has 2 heterocycles. The summed E-state index contributed by atoms with van der Waals surface area (Å²) in [6.07, 6.45) is 2.95. The Morgan fingerprint density at radius 3 is 1.38 bits per heavy atom. The standard InChI is InChI=1S/C71H129N13O13/c1-27-29-30-47(15)59(85)58-63(89)74-51(28-2)65(91)83(26)71(97-36-35-84-33-31-50(32-34-84)76(18)19)70(96)78(21)53(38-42(5)6)62(88)75-56(45(11)12)68(94)77(20)52(37-41(3)4)61(87)72-48(16)60(86)73-49(17)64(90)79(22)54(39-43(7)8)66(92)80(23)55(40-44(9)10)67(93)81(24)57(46(13)14)69(95)82(58)25/h27,29,41-59,71,85H,28,30-40H2,1-26H3,(H,72,87)(H,73,86)(H,74,89)(H,75,88)/b29-27+/t47-,48+,49-,51+,52+,53+,54+,55+,56+,57+,58+,59-,71-/m1/s1. The Hall–Kier alpha value is -6.25. The van der Waals surface area contributed by atoms with Gasteiger partial charge in [-0.25, -0.2) is 0 Å². The number of aliphatic hydroxyl groups is 1. The van der Waals surface area contributed by atoms with E-state index in [2.05, 4.69) is 31.1 Å². The summed E-state index contributed by atoms with van der Waals surface area (Å²) >= 11 is 0. The minimum absolute atomic E-state index is 0.0254. The zero-order valence-electron chi connectivity index (χ0n) is 64.1. The van der Waals surface area contributed by atoms with Crippen LogP contribution in [-0.4, -0.2) is 283 Å². The van der Waals surface area contributed by atoms with E-state index in [0.717, 1.165) is 35.7 Å². The van der Waals surface area contributed by atoms with Crippen molar-refractivity contribution in [2.45, 2.75) is 248 Å². The van der Waals surface area contributed by atoms with Crippen LogP contribution >= 0.6 is 0 Å². The number of hydrogen-bond donors (Lipinski definition) is 5. The van der Waals surface area contributed by atoms with Crippen LogP contribution in [0.25, 0.3) is 0 Å². The number of likely N-dealkylation sites (N-methyl/N-ethyl adjacent to an activating group) is 7. The number of carbonyl (C=O) groups excluding carboxylic acids is 11. The number of nitrogens with zero attached hydrogens (tertiary/aromatic N) is 9. The van der Waals surface area contributed by atoms with E-state index in [1.165, 1.54) is 87.7 Å².